The van der Waals surface area contributed by atoms with Crippen molar-refractivity contribution < 1.29 is 13.2 Å². The monoisotopic (exact) mass is 258 g/mol. The summed E-state index contributed by atoms with van der Waals surface area (Å²) in [5, 5.41) is 3.34. The number of halogens is 3. The molecule has 1 atom stereocenters. The number of anilines is 1. The molecule has 1 unspecified atom stereocenters. The van der Waals surface area contributed by atoms with Gasteiger partial charge in [0.05, 0.1) is 5.69 Å². The first kappa shape index (κ1) is 13.2. The van der Waals surface area contributed by atoms with Gasteiger partial charge in [-0.15, -0.1) is 0 Å². The zero-order valence-electron chi connectivity index (χ0n) is 10.6. The van der Waals surface area contributed by atoms with E-state index in [1.807, 2.05) is 13.8 Å². The van der Waals surface area contributed by atoms with Crippen molar-refractivity contribution in [2.75, 3.05) is 24.5 Å². The summed E-state index contributed by atoms with van der Waals surface area (Å²) in [4.78, 5) is 1.70. The van der Waals surface area contributed by atoms with Crippen LogP contribution in [0.2, 0.25) is 0 Å². The van der Waals surface area contributed by atoms with Crippen LogP contribution in [-0.4, -0.2) is 25.2 Å². The Balaban J connectivity index is 2.31. The Morgan fingerprint density at radius 1 is 1.33 bits per heavy atom. The lowest BCUT2D eigenvalue weighted by molar-refractivity contribution is 0.312. The second kappa shape index (κ2) is 4.80. The van der Waals surface area contributed by atoms with Crippen molar-refractivity contribution in [2.24, 2.45) is 0 Å². The Hall–Kier alpha value is -1.23. The van der Waals surface area contributed by atoms with Crippen molar-refractivity contribution in [2.45, 2.75) is 25.8 Å². The Bertz CT molecular complexity index is 450. The van der Waals surface area contributed by atoms with Gasteiger partial charge in [0, 0.05) is 37.3 Å². The van der Waals surface area contributed by atoms with Crippen LogP contribution in [0.3, 0.4) is 0 Å². The molecule has 1 aromatic carbocycles. The van der Waals surface area contributed by atoms with Gasteiger partial charge in [-0.2, -0.15) is 0 Å². The number of rotatable bonds is 2. The first-order valence-corrected chi connectivity index (χ1v) is 6.10. The largest absolute Gasteiger partial charge is 0.366 e. The minimum Gasteiger partial charge on any atom is -0.366 e. The summed E-state index contributed by atoms with van der Waals surface area (Å²) in [7, 11) is 0. The van der Waals surface area contributed by atoms with Crippen molar-refractivity contribution in [1.29, 1.82) is 0 Å². The van der Waals surface area contributed by atoms with E-state index < -0.39 is 17.5 Å². The molecule has 18 heavy (non-hydrogen) atoms. The van der Waals surface area contributed by atoms with Gasteiger partial charge in [0.2, 0.25) is 0 Å². The Morgan fingerprint density at radius 3 is 2.72 bits per heavy atom. The number of benzene rings is 1. The molecule has 5 heteroatoms. The normalized spacial score (nSPS) is 24.4. The van der Waals surface area contributed by atoms with Gasteiger partial charge in [0.15, 0.2) is 11.6 Å². The molecule has 1 aliphatic rings. The minimum atomic E-state index is -1.14. The van der Waals surface area contributed by atoms with Gasteiger partial charge in [-0.1, -0.05) is 6.92 Å². The van der Waals surface area contributed by atoms with E-state index in [4.69, 9.17) is 0 Å². The van der Waals surface area contributed by atoms with Crippen molar-refractivity contribution in [3.8, 4) is 0 Å². The number of nitrogens with zero attached hydrogens (tertiary/aromatic N) is 1. The number of piperazine rings is 1. The molecule has 1 heterocycles. The predicted molar refractivity (Wildman–Crippen MR) is 65.2 cm³/mol. The first-order chi connectivity index (χ1) is 8.45. The van der Waals surface area contributed by atoms with Gasteiger partial charge >= 0.3 is 0 Å². The van der Waals surface area contributed by atoms with Crippen LogP contribution >= 0.6 is 0 Å². The summed E-state index contributed by atoms with van der Waals surface area (Å²) >= 11 is 0. The summed E-state index contributed by atoms with van der Waals surface area (Å²) in [5.74, 6) is -2.86. The molecule has 1 N–H and O–H groups in total. The van der Waals surface area contributed by atoms with E-state index in [9.17, 15) is 13.2 Å². The number of hydrogen-bond donors (Lipinski definition) is 1. The predicted octanol–water partition coefficient (Wildman–Crippen LogP) is 2.68. The second-order valence-corrected chi connectivity index (χ2v) is 4.98. The SMILES string of the molecule is CCC1(C)CN(c2cc(F)cc(F)c2F)CCN1. The van der Waals surface area contributed by atoms with E-state index in [0.29, 0.717) is 25.7 Å². The van der Waals surface area contributed by atoms with Gasteiger partial charge in [-0.05, 0) is 13.3 Å². The van der Waals surface area contributed by atoms with Crippen LogP contribution in [0.1, 0.15) is 20.3 Å². The maximum atomic E-state index is 13.7. The molecular weight excluding hydrogens is 241 g/mol. The Morgan fingerprint density at radius 2 is 2.06 bits per heavy atom. The lowest BCUT2D eigenvalue weighted by Gasteiger charge is -2.42. The maximum Gasteiger partial charge on any atom is 0.182 e. The molecule has 0 bridgehead atoms. The van der Waals surface area contributed by atoms with E-state index in [-0.39, 0.29) is 11.2 Å². The van der Waals surface area contributed by atoms with Crippen LogP contribution in [0.4, 0.5) is 18.9 Å². The second-order valence-electron chi connectivity index (χ2n) is 4.98. The van der Waals surface area contributed by atoms with E-state index in [1.165, 1.54) is 0 Å². The highest BCUT2D eigenvalue weighted by molar-refractivity contribution is 5.49. The molecule has 1 fully saturated rings. The average molecular weight is 258 g/mol. The van der Waals surface area contributed by atoms with Gasteiger partial charge in [-0.3, -0.25) is 0 Å². The lowest BCUT2D eigenvalue weighted by Crippen LogP contribution is -2.58. The van der Waals surface area contributed by atoms with Crippen molar-refractivity contribution in [1.82, 2.24) is 5.32 Å². The van der Waals surface area contributed by atoms with Crippen LogP contribution < -0.4 is 10.2 Å². The Kier molecular flexibility index (Phi) is 3.52. The van der Waals surface area contributed by atoms with E-state index in [1.54, 1.807) is 4.90 Å². The van der Waals surface area contributed by atoms with Crippen molar-refractivity contribution in [3.05, 3.63) is 29.6 Å². The Labute approximate surface area is 105 Å². The van der Waals surface area contributed by atoms with E-state index in [0.717, 1.165) is 12.5 Å². The number of nitrogens with one attached hydrogen (secondary N) is 1. The van der Waals surface area contributed by atoms with E-state index in [2.05, 4.69) is 5.32 Å². The molecule has 0 amide bonds. The molecule has 1 aromatic rings. The van der Waals surface area contributed by atoms with Crippen molar-refractivity contribution in [3.63, 3.8) is 0 Å². The van der Waals surface area contributed by atoms with Gasteiger partial charge in [0.1, 0.15) is 5.82 Å². The molecule has 2 nitrogen and oxygen atoms in total. The highest BCUT2D eigenvalue weighted by Crippen LogP contribution is 2.27. The summed E-state index contributed by atoms with van der Waals surface area (Å²) in [5.41, 5.74) is -0.151. The highest BCUT2D eigenvalue weighted by Gasteiger charge is 2.30. The average Bonchev–Trinajstić information content (AvgIpc) is 2.34. The molecule has 0 radical (unpaired) electrons. The topological polar surface area (TPSA) is 15.3 Å². The third-order valence-electron chi connectivity index (χ3n) is 3.57. The highest BCUT2D eigenvalue weighted by atomic mass is 19.2. The molecule has 0 saturated carbocycles. The zero-order chi connectivity index (χ0) is 13.3. The minimum absolute atomic E-state index is 0.00803. The summed E-state index contributed by atoms with van der Waals surface area (Å²) in [6.07, 6.45) is 0.864. The van der Waals surface area contributed by atoms with Gasteiger partial charge in [0.25, 0.3) is 0 Å². The molecule has 100 valence electrons. The summed E-state index contributed by atoms with van der Waals surface area (Å²) < 4.78 is 40.1. The molecule has 0 aliphatic carbocycles. The van der Waals surface area contributed by atoms with Crippen LogP contribution in [0.15, 0.2) is 12.1 Å². The van der Waals surface area contributed by atoms with E-state index >= 15 is 0 Å². The molecular formula is C13H17F3N2. The number of hydrogen-bond acceptors (Lipinski definition) is 2. The fraction of sp³-hybridized carbons (Fsp3) is 0.538. The molecule has 1 aliphatic heterocycles. The van der Waals surface area contributed by atoms with Crippen LogP contribution in [0, 0.1) is 17.5 Å². The first-order valence-electron chi connectivity index (χ1n) is 6.10. The lowest BCUT2D eigenvalue weighted by atomic mass is 9.95. The van der Waals surface area contributed by atoms with Crippen LogP contribution in [0.25, 0.3) is 0 Å². The standard InChI is InChI=1S/C13H17F3N2/c1-3-13(2)8-18(5-4-17-13)11-7-9(14)6-10(15)12(11)16/h6-7,17H,3-5,8H2,1-2H3. The van der Waals surface area contributed by atoms with Gasteiger partial charge in [-0.25, -0.2) is 13.2 Å². The third kappa shape index (κ3) is 2.46. The quantitative estimate of drug-likeness (QED) is 0.820. The summed E-state index contributed by atoms with van der Waals surface area (Å²) in [6.45, 7) is 5.78. The molecule has 0 spiro atoms. The van der Waals surface area contributed by atoms with Crippen LogP contribution in [-0.2, 0) is 0 Å². The zero-order valence-corrected chi connectivity index (χ0v) is 10.6. The van der Waals surface area contributed by atoms with Gasteiger partial charge < -0.3 is 10.2 Å². The molecule has 0 aromatic heterocycles. The van der Waals surface area contributed by atoms with Crippen LogP contribution in [0.5, 0.6) is 0 Å². The smallest absolute Gasteiger partial charge is 0.182 e. The summed E-state index contributed by atoms with van der Waals surface area (Å²) in [6, 6.07) is 1.62. The fourth-order valence-corrected chi connectivity index (χ4v) is 2.26. The fourth-order valence-electron chi connectivity index (χ4n) is 2.26. The van der Waals surface area contributed by atoms with Crippen molar-refractivity contribution >= 4 is 5.69 Å². The molecule has 1 saturated heterocycles. The maximum absolute atomic E-state index is 13.7. The molecule has 2 rings (SSSR count). The third-order valence-corrected chi connectivity index (χ3v) is 3.57.